The standard InChI is InChI=1S/C21H16ClN3O2/c1-14-3-2-4-15(9-14)12-25-13-17(6-8-20(25)26)21(27)24-19-10-18(22)7-5-16(19)11-23/h2-10,13H,12H2,1H3,(H,24,27). The zero-order valence-corrected chi connectivity index (χ0v) is 15.3. The number of nitrogens with zero attached hydrogens (tertiary/aromatic N) is 2. The van der Waals surface area contributed by atoms with Crippen molar-refractivity contribution < 1.29 is 4.79 Å². The molecular weight excluding hydrogens is 362 g/mol. The quantitative estimate of drug-likeness (QED) is 0.747. The lowest BCUT2D eigenvalue weighted by Crippen LogP contribution is -2.22. The molecule has 0 saturated carbocycles. The normalized spacial score (nSPS) is 10.3. The predicted octanol–water partition coefficient (Wildman–Crippen LogP) is 3.98. The van der Waals surface area contributed by atoms with Gasteiger partial charge in [0.2, 0.25) is 0 Å². The molecule has 1 N–H and O–H groups in total. The average Bonchev–Trinajstić information content (AvgIpc) is 2.64. The first-order valence-corrected chi connectivity index (χ1v) is 8.61. The minimum absolute atomic E-state index is 0.200. The van der Waals surface area contributed by atoms with Crippen molar-refractivity contribution in [3.8, 4) is 6.07 Å². The lowest BCUT2D eigenvalue weighted by atomic mass is 10.1. The van der Waals surface area contributed by atoms with Crippen LogP contribution in [-0.2, 0) is 6.54 Å². The van der Waals surface area contributed by atoms with Gasteiger partial charge in [-0.3, -0.25) is 9.59 Å². The molecule has 0 radical (unpaired) electrons. The summed E-state index contributed by atoms with van der Waals surface area (Å²) in [4.78, 5) is 24.7. The highest BCUT2D eigenvalue weighted by molar-refractivity contribution is 6.31. The third-order valence-electron chi connectivity index (χ3n) is 4.03. The van der Waals surface area contributed by atoms with Gasteiger partial charge in [-0.1, -0.05) is 41.4 Å². The zero-order valence-electron chi connectivity index (χ0n) is 14.6. The summed E-state index contributed by atoms with van der Waals surface area (Å²) in [5, 5.41) is 12.3. The van der Waals surface area contributed by atoms with Gasteiger partial charge < -0.3 is 9.88 Å². The summed E-state index contributed by atoms with van der Waals surface area (Å²) in [6.45, 7) is 2.34. The van der Waals surface area contributed by atoms with Gasteiger partial charge in [-0.15, -0.1) is 0 Å². The fraction of sp³-hybridized carbons (Fsp3) is 0.0952. The van der Waals surface area contributed by atoms with E-state index in [2.05, 4.69) is 5.32 Å². The van der Waals surface area contributed by atoms with Gasteiger partial charge in [-0.05, 0) is 36.8 Å². The number of aryl methyl sites for hydroxylation is 1. The second kappa shape index (κ2) is 7.90. The molecule has 0 spiro atoms. The molecule has 0 saturated heterocycles. The van der Waals surface area contributed by atoms with Gasteiger partial charge in [-0.2, -0.15) is 5.26 Å². The van der Waals surface area contributed by atoms with Gasteiger partial charge in [0.05, 0.1) is 23.4 Å². The van der Waals surface area contributed by atoms with E-state index < -0.39 is 5.91 Å². The van der Waals surface area contributed by atoms with Crippen molar-refractivity contribution in [2.45, 2.75) is 13.5 Å². The highest BCUT2D eigenvalue weighted by Gasteiger charge is 2.11. The number of nitriles is 1. The SMILES string of the molecule is Cc1cccc(Cn2cc(C(=O)Nc3cc(Cl)ccc3C#N)ccc2=O)c1. The Kier molecular flexibility index (Phi) is 5.39. The smallest absolute Gasteiger partial charge is 0.257 e. The summed E-state index contributed by atoms with van der Waals surface area (Å²) >= 11 is 5.95. The van der Waals surface area contributed by atoms with Crippen LogP contribution in [-0.4, -0.2) is 10.5 Å². The monoisotopic (exact) mass is 377 g/mol. The van der Waals surface area contributed by atoms with Crippen LogP contribution in [0.4, 0.5) is 5.69 Å². The van der Waals surface area contributed by atoms with Crippen LogP contribution in [0.5, 0.6) is 0 Å². The topological polar surface area (TPSA) is 74.9 Å². The second-order valence-corrected chi connectivity index (χ2v) is 6.57. The van der Waals surface area contributed by atoms with Crippen LogP contribution in [0.15, 0.2) is 65.6 Å². The van der Waals surface area contributed by atoms with Crippen LogP contribution in [0.2, 0.25) is 5.02 Å². The molecule has 0 aliphatic rings. The molecule has 1 aromatic heterocycles. The van der Waals surface area contributed by atoms with E-state index in [1.54, 1.807) is 6.07 Å². The van der Waals surface area contributed by atoms with Crippen LogP contribution in [0.1, 0.15) is 27.0 Å². The number of rotatable bonds is 4. The Morgan fingerprint density at radius 3 is 2.74 bits per heavy atom. The summed E-state index contributed by atoms with van der Waals surface area (Å²) in [5.41, 5.74) is 2.81. The van der Waals surface area contributed by atoms with Crippen molar-refractivity contribution in [1.29, 1.82) is 5.26 Å². The van der Waals surface area contributed by atoms with Crippen LogP contribution < -0.4 is 10.9 Å². The number of pyridine rings is 1. The summed E-state index contributed by atoms with van der Waals surface area (Å²) in [7, 11) is 0. The van der Waals surface area contributed by atoms with E-state index in [0.29, 0.717) is 28.4 Å². The molecule has 0 aliphatic heterocycles. The molecule has 1 heterocycles. The van der Waals surface area contributed by atoms with Crippen molar-refractivity contribution in [1.82, 2.24) is 4.57 Å². The summed E-state index contributed by atoms with van der Waals surface area (Å²) < 4.78 is 1.48. The maximum Gasteiger partial charge on any atom is 0.257 e. The van der Waals surface area contributed by atoms with E-state index in [-0.39, 0.29) is 5.56 Å². The number of hydrogen-bond donors (Lipinski definition) is 1. The molecule has 6 heteroatoms. The van der Waals surface area contributed by atoms with E-state index in [1.165, 1.54) is 35.0 Å². The molecule has 27 heavy (non-hydrogen) atoms. The number of halogens is 1. The number of aromatic nitrogens is 1. The number of nitrogens with one attached hydrogen (secondary N) is 1. The Morgan fingerprint density at radius 1 is 1.19 bits per heavy atom. The molecule has 0 unspecified atom stereocenters. The maximum atomic E-state index is 12.6. The van der Waals surface area contributed by atoms with E-state index in [1.807, 2.05) is 37.3 Å². The Labute approximate surface area is 161 Å². The molecule has 134 valence electrons. The van der Waals surface area contributed by atoms with Crippen molar-refractivity contribution in [2.75, 3.05) is 5.32 Å². The number of anilines is 1. The van der Waals surface area contributed by atoms with Gasteiger partial charge in [0, 0.05) is 17.3 Å². The van der Waals surface area contributed by atoms with E-state index in [9.17, 15) is 9.59 Å². The lowest BCUT2D eigenvalue weighted by molar-refractivity contribution is 0.102. The Hall–Kier alpha value is -3.36. The molecule has 1 amide bonds. The Balaban J connectivity index is 1.87. The minimum Gasteiger partial charge on any atom is -0.321 e. The fourth-order valence-corrected chi connectivity index (χ4v) is 2.88. The van der Waals surface area contributed by atoms with Crippen molar-refractivity contribution >= 4 is 23.2 Å². The lowest BCUT2D eigenvalue weighted by Gasteiger charge is -2.10. The largest absolute Gasteiger partial charge is 0.321 e. The third kappa shape index (κ3) is 4.43. The number of amides is 1. The first kappa shape index (κ1) is 18.4. The number of hydrogen-bond acceptors (Lipinski definition) is 3. The average molecular weight is 378 g/mol. The van der Waals surface area contributed by atoms with Crippen molar-refractivity contribution in [3.05, 3.63) is 98.4 Å². The van der Waals surface area contributed by atoms with Crippen molar-refractivity contribution in [2.24, 2.45) is 0 Å². The number of carbonyl (C=O) groups is 1. The van der Waals surface area contributed by atoms with Crippen LogP contribution in [0, 0.1) is 18.3 Å². The van der Waals surface area contributed by atoms with Crippen molar-refractivity contribution in [3.63, 3.8) is 0 Å². The molecule has 3 rings (SSSR count). The van der Waals surface area contributed by atoms with Gasteiger partial charge >= 0.3 is 0 Å². The summed E-state index contributed by atoms with van der Waals surface area (Å²) in [6, 6.07) is 17.3. The molecule has 2 aromatic carbocycles. The second-order valence-electron chi connectivity index (χ2n) is 6.13. The molecule has 0 fully saturated rings. The minimum atomic E-state index is -0.424. The molecule has 3 aromatic rings. The van der Waals surface area contributed by atoms with E-state index >= 15 is 0 Å². The molecule has 0 aliphatic carbocycles. The molecule has 0 bridgehead atoms. The Bertz CT molecular complexity index is 1110. The van der Waals surface area contributed by atoms with Crippen LogP contribution >= 0.6 is 11.6 Å². The summed E-state index contributed by atoms with van der Waals surface area (Å²) in [6.07, 6.45) is 1.51. The van der Waals surface area contributed by atoms with Gasteiger partial charge in [-0.25, -0.2) is 0 Å². The number of benzene rings is 2. The Morgan fingerprint density at radius 2 is 2.00 bits per heavy atom. The maximum absolute atomic E-state index is 12.6. The first-order chi connectivity index (χ1) is 13.0. The highest BCUT2D eigenvalue weighted by Crippen LogP contribution is 2.21. The zero-order chi connectivity index (χ0) is 19.4. The highest BCUT2D eigenvalue weighted by atomic mass is 35.5. The fourth-order valence-electron chi connectivity index (χ4n) is 2.71. The molecular formula is C21H16ClN3O2. The van der Waals surface area contributed by atoms with Gasteiger partial charge in [0.15, 0.2) is 0 Å². The van der Waals surface area contributed by atoms with Gasteiger partial charge in [0.25, 0.3) is 11.5 Å². The first-order valence-electron chi connectivity index (χ1n) is 8.23. The van der Waals surface area contributed by atoms with Gasteiger partial charge in [0.1, 0.15) is 6.07 Å². The predicted molar refractivity (Wildman–Crippen MR) is 105 cm³/mol. The number of carbonyl (C=O) groups excluding carboxylic acids is 1. The summed E-state index contributed by atoms with van der Waals surface area (Å²) in [5.74, 6) is -0.424. The van der Waals surface area contributed by atoms with Crippen LogP contribution in [0.25, 0.3) is 0 Å². The van der Waals surface area contributed by atoms with Crippen LogP contribution in [0.3, 0.4) is 0 Å². The molecule has 0 atom stereocenters. The van der Waals surface area contributed by atoms with E-state index in [0.717, 1.165) is 11.1 Å². The molecule has 5 nitrogen and oxygen atoms in total. The third-order valence-corrected chi connectivity index (χ3v) is 4.27. The van der Waals surface area contributed by atoms with E-state index in [4.69, 9.17) is 16.9 Å².